The van der Waals surface area contributed by atoms with Crippen LogP contribution in [0, 0.1) is 12.7 Å². The van der Waals surface area contributed by atoms with Crippen LogP contribution >= 0.6 is 0 Å². The van der Waals surface area contributed by atoms with Gasteiger partial charge < -0.3 is 10.0 Å². The van der Waals surface area contributed by atoms with Gasteiger partial charge in [-0.1, -0.05) is 12.1 Å². The van der Waals surface area contributed by atoms with Gasteiger partial charge in [0.1, 0.15) is 5.82 Å². The van der Waals surface area contributed by atoms with Gasteiger partial charge >= 0.3 is 5.97 Å². The molecule has 4 nitrogen and oxygen atoms in total. The predicted molar refractivity (Wildman–Crippen MR) is 69.2 cm³/mol. The smallest absolute Gasteiger partial charge is 0.331 e. The maximum Gasteiger partial charge on any atom is 0.331 e. The van der Waals surface area contributed by atoms with E-state index < -0.39 is 17.8 Å². The molecule has 1 aromatic carbocycles. The summed E-state index contributed by atoms with van der Waals surface area (Å²) in [5, 5.41) is 9.37. The highest BCUT2D eigenvalue weighted by Crippen LogP contribution is 2.25. The van der Waals surface area contributed by atoms with Crippen LogP contribution in [-0.2, 0) is 9.59 Å². The lowest BCUT2D eigenvalue weighted by Crippen LogP contribution is -2.42. The van der Waals surface area contributed by atoms with E-state index in [0.29, 0.717) is 11.1 Å². The second kappa shape index (κ2) is 5.82. The number of carbonyl (C=O) groups excluding carboxylic acids is 1. The van der Waals surface area contributed by atoms with Gasteiger partial charge in [-0.05, 0) is 38.0 Å². The molecule has 0 aliphatic heterocycles. The minimum absolute atomic E-state index is 0.260. The molecule has 0 radical (unpaired) electrons. The molecule has 0 fully saturated rings. The lowest BCUT2D eigenvalue weighted by Gasteiger charge is -2.32. The molecule has 0 spiro atoms. The van der Waals surface area contributed by atoms with Crippen LogP contribution in [0.2, 0.25) is 0 Å². The molecular formula is C14H18FNO3. The summed E-state index contributed by atoms with van der Waals surface area (Å²) in [5.74, 6) is -1.86. The Morgan fingerprint density at radius 1 is 1.32 bits per heavy atom. The molecule has 19 heavy (non-hydrogen) atoms. The Hall–Kier alpha value is -1.91. The Balaban J connectivity index is 3.30. The van der Waals surface area contributed by atoms with E-state index in [1.807, 2.05) is 0 Å². The van der Waals surface area contributed by atoms with E-state index in [2.05, 4.69) is 0 Å². The average molecular weight is 267 g/mol. The summed E-state index contributed by atoms with van der Waals surface area (Å²) in [7, 11) is 0. The summed E-state index contributed by atoms with van der Waals surface area (Å²) in [6, 6.07) is 2.73. The lowest BCUT2D eigenvalue weighted by atomic mass is 10.0. The molecule has 0 bridgehead atoms. The predicted octanol–water partition coefficient (Wildman–Crippen LogP) is 2.52. The Labute approximate surface area is 111 Å². The van der Waals surface area contributed by atoms with Gasteiger partial charge in [-0.2, -0.15) is 0 Å². The van der Waals surface area contributed by atoms with Crippen LogP contribution in [0.3, 0.4) is 0 Å². The fourth-order valence-electron chi connectivity index (χ4n) is 2.10. The second-order valence-corrected chi connectivity index (χ2v) is 4.77. The topological polar surface area (TPSA) is 57.6 Å². The van der Waals surface area contributed by atoms with Crippen LogP contribution < -0.4 is 0 Å². The fraction of sp³-hybridized carbons (Fsp3) is 0.429. The molecule has 0 saturated heterocycles. The molecule has 0 aromatic heterocycles. The van der Waals surface area contributed by atoms with Crippen molar-refractivity contribution in [2.75, 3.05) is 0 Å². The highest BCUT2D eigenvalue weighted by molar-refractivity contribution is 5.83. The number of rotatable bonds is 4. The number of carboxylic acid groups (broad SMARTS) is 1. The maximum absolute atomic E-state index is 13.3. The monoisotopic (exact) mass is 267 g/mol. The Kier molecular flexibility index (Phi) is 4.64. The minimum atomic E-state index is -1.13. The van der Waals surface area contributed by atoms with E-state index in [1.165, 1.54) is 30.0 Å². The molecule has 1 unspecified atom stereocenters. The molecule has 0 aliphatic rings. The minimum Gasteiger partial charge on any atom is -0.479 e. The zero-order valence-corrected chi connectivity index (χ0v) is 11.5. The first-order valence-electron chi connectivity index (χ1n) is 6.03. The van der Waals surface area contributed by atoms with Crippen LogP contribution in [0.25, 0.3) is 0 Å². The van der Waals surface area contributed by atoms with Gasteiger partial charge in [-0.3, -0.25) is 4.79 Å². The molecule has 5 heteroatoms. The van der Waals surface area contributed by atoms with E-state index >= 15 is 0 Å². The number of carboxylic acids is 1. The number of halogens is 1. The first kappa shape index (κ1) is 15.1. The average Bonchev–Trinajstić information content (AvgIpc) is 2.28. The second-order valence-electron chi connectivity index (χ2n) is 4.77. The highest BCUT2D eigenvalue weighted by atomic mass is 19.1. The van der Waals surface area contributed by atoms with Gasteiger partial charge in [-0.15, -0.1) is 0 Å². The van der Waals surface area contributed by atoms with Crippen LogP contribution in [0.4, 0.5) is 4.39 Å². The van der Waals surface area contributed by atoms with E-state index in [-0.39, 0.29) is 11.9 Å². The Bertz CT molecular complexity index is 499. The third kappa shape index (κ3) is 3.30. The third-order valence-electron chi connectivity index (χ3n) is 2.93. The molecule has 1 N–H and O–H groups in total. The summed E-state index contributed by atoms with van der Waals surface area (Å²) in [4.78, 5) is 24.4. The molecule has 0 saturated carbocycles. The van der Waals surface area contributed by atoms with E-state index in [0.717, 1.165) is 0 Å². The molecule has 1 atom stereocenters. The first-order chi connectivity index (χ1) is 8.75. The van der Waals surface area contributed by atoms with Crippen molar-refractivity contribution in [1.29, 1.82) is 0 Å². The first-order valence-corrected chi connectivity index (χ1v) is 6.03. The van der Waals surface area contributed by atoms with Crippen molar-refractivity contribution in [3.8, 4) is 0 Å². The fourth-order valence-corrected chi connectivity index (χ4v) is 2.10. The lowest BCUT2D eigenvalue weighted by molar-refractivity contribution is -0.151. The molecule has 1 amide bonds. The molecular weight excluding hydrogens is 249 g/mol. The number of aliphatic carboxylic acids is 1. The van der Waals surface area contributed by atoms with E-state index in [4.69, 9.17) is 0 Å². The van der Waals surface area contributed by atoms with Crippen molar-refractivity contribution in [2.24, 2.45) is 0 Å². The summed E-state index contributed by atoms with van der Waals surface area (Å²) in [6.07, 6.45) is 0. The van der Waals surface area contributed by atoms with Crippen molar-refractivity contribution < 1.29 is 19.1 Å². The van der Waals surface area contributed by atoms with E-state index in [1.54, 1.807) is 20.8 Å². The van der Waals surface area contributed by atoms with E-state index in [9.17, 15) is 19.1 Å². The van der Waals surface area contributed by atoms with Crippen molar-refractivity contribution in [1.82, 2.24) is 4.90 Å². The Morgan fingerprint density at radius 2 is 1.89 bits per heavy atom. The number of hydrogen-bond acceptors (Lipinski definition) is 2. The molecule has 0 aliphatic carbocycles. The molecule has 1 rings (SSSR count). The van der Waals surface area contributed by atoms with Gasteiger partial charge in [0.25, 0.3) is 0 Å². The molecule has 1 aromatic rings. The largest absolute Gasteiger partial charge is 0.479 e. The quantitative estimate of drug-likeness (QED) is 0.912. The number of aryl methyl sites for hydroxylation is 1. The van der Waals surface area contributed by atoms with Gasteiger partial charge in [0.2, 0.25) is 5.91 Å². The van der Waals surface area contributed by atoms with Crippen molar-refractivity contribution >= 4 is 11.9 Å². The highest BCUT2D eigenvalue weighted by Gasteiger charge is 2.31. The zero-order chi connectivity index (χ0) is 14.7. The summed E-state index contributed by atoms with van der Waals surface area (Å²) in [5.41, 5.74) is 0.756. The standard InChI is InChI=1S/C14H18FNO3/c1-8(2)16(10(4)17)13(14(18)19)11-5-6-12(15)9(3)7-11/h5-8,13H,1-4H3,(H,18,19). The van der Waals surface area contributed by atoms with Gasteiger partial charge in [-0.25, -0.2) is 9.18 Å². The van der Waals surface area contributed by atoms with Crippen LogP contribution in [0.1, 0.15) is 37.9 Å². The molecule has 104 valence electrons. The SMILES string of the molecule is CC(=O)N(C(C)C)C(C(=O)O)c1ccc(F)c(C)c1. The molecule has 0 heterocycles. The van der Waals surface area contributed by atoms with Gasteiger partial charge in [0, 0.05) is 13.0 Å². The number of amides is 1. The van der Waals surface area contributed by atoms with Crippen LogP contribution in [0.15, 0.2) is 18.2 Å². The van der Waals surface area contributed by atoms with Crippen molar-refractivity contribution in [3.63, 3.8) is 0 Å². The van der Waals surface area contributed by atoms with Crippen molar-refractivity contribution in [2.45, 2.75) is 39.8 Å². The number of benzene rings is 1. The summed E-state index contributed by atoms with van der Waals surface area (Å²) < 4.78 is 13.3. The normalized spacial score (nSPS) is 12.3. The van der Waals surface area contributed by atoms with Crippen LogP contribution in [0.5, 0.6) is 0 Å². The van der Waals surface area contributed by atoms with Gasteiger partial charge in [0.05, 0.1) is 0 Å². The summed E-state index contributed by atoms with van der Waals surface area (Å²) >= 11 is 0. The number of hydrogen-bond donors (Lipinski definition) is 1. The zero-order valence-electron chi connectivity index (χ0n) is 11.5. The van der Waals surface area contributed by atoms with Crippen LogP contribution in [-0.4, -0.2) is 27.9 Å². The maximum atomic E-state index is 13.3. The number of carbonyl (C=O) groups is 2. The van der Waals surface area contributed by atoms with Crippen molar-refractivity contribution in [3.05, 3.63) is 35.1 Å². The summed E-state index contributed by atoms with van der Waals surface area (Å²) in [6.45, 7) is 6.37. The number of nitrogens with zero attached hydrogens (tertiary/aromatic N) is 1. The van der Waals surface area contributed by atoms with Gasteiger partial charge in [0.15, 0.2) is 6.04 Å². The Morgan fingerprint density at radius 3 is 2.26 bits per heavy atom. The third-order valence-corrected chi connectivity index (χ3v) is 2.93.